The van der Waals surface area contributed by atoms with Crippen molar-refractivity contribution in [2.45, 2.75) is 58.0 Å². The third-order valence-corrected chi connectivity index (χ3v) is 6.89. The first-order chi connectivity index (χ1) is 15.3. The Morgan fingerprint density at radius 2 is 1.75 bits per heavy atom. The Kier molecular flexibility index (Phi) is 10.8. The zero-order valence-corrected chi connectivity index (χ0v) is 20.9. The second kappa shape index (κ2) is 13.1. The highest BCUT2D eigenvalue weighted by atomic mass is 35.5. The number of rotatable bonds is 11. The Hall–Kier alpha value is -1.76. The first-order valence-electron chi connectivity index (χ1n) is 10.6. The molecule has 2 unspecified atom stereocenters. The van der Waals surface area contributed by atoms with Gasteiger partial charge in [0.15, 0.2) is 0 Å². The molecule has 0 fully saturated rings. The minimum atomic E-state index is -0.634. The Labute approximate surface area is 203 Å². The number of hydrogen-bond acceptors (Lipinski definition) is 3. The molecule has 0 aromatic heterocycles. The van der Waals surface area contributed by atoms with Gasteiger partial charge in [0.2, 0.25) is 11.8 Å². The first kappa shape index (κ1) is 26.5. The molecule has 2 rings (SSSR count). The van der Waals surface area contributed by atoms with Crippen molar-refractivity contribution in [2.75, 3.05) is 5.75 Å². The van der Waals surface area contributed by atoms with Gasteiger partial charge in [-0.3, -0.25) is 9.59 Å². The fraction of sp³-hybridized carbons (Fsp3) is 0.417. The SMILES string of the molecule is CCC(C)NC(=O)C(CC)N(Cc1ccccc1Cl)C(=O)CSCc1c(F)cccc1Cl. The number of hydrogen-bond donors (Lipinski definition) is 1. The summed E-state index contributed by atoms with van der Waals surface area (Å²) in [6, 6.07) is 11.2. The molecule has 0 saturated carbocycles. The van der Waals surface area contributed by atoms with E-state index < -0.39 is 11.9 Å². The van der Waals surface area contributed by atoms with Gasteiger partial charge >= 0.3 is 0 Å². The van der Waals surface area contributed by atoms with Crippen LogP contribution in [0.4, 0.5) is 4.39 Å². The molecule has 0 aliphatic rings. The van der Waals surface area contributed by atoms with Gasteiger partial charge in [0.25, 0.3) is 0 Å². The lowest BCUT2D eigenvalue weighted by molar-refractivity contribution is -0.139. The van der Waals surface area contributed by atoms with Gasteiger partial charge in [-0.05, 0) is 43.5 Å². The Morgan fingerprint density at radius 3 is 2.38 bits per heavy atom. The van der Waals surface area contributed by atoms with Crippen LogP contribution in [0.3, 0.4) is 0 Å². The first-order valence-corrected chi connectivity index (χ1v) is 12.5. The van der Waals surface area contributed by atoms with E-state index in [1.165, 1.54) is 17.8 Å². The molecule has 32 heavy (non-hydrogen) atoms. The van der Waals surface area contributed by atoms with Gasteiger partial charge in [-0.15, -0.1) is 11.8 Å². The fourth-order valence-electron chi connectivity index (χ4n) is 3.16. The van der Waals surface area contributed by atoms with Crippen molar-refractivity contribution < 1.29 is 14.0 Å². The molecule has 1 N–H and O–H groups in total. The summed E-state index contributed by atoms with van der Waals surface area (Å²) >= 11 is 13.7. The largest absolute Gasteiger partial charge is 0.352 e. The quantitative estimate of drug-likeness (QED) is 0.407. The van der Waals surface area contributed by atoms with Crippen LogP contribution in [0.15, 0.2) is 42.5 Å². The van der Waals surface area contributed by atoms with Gasteiger partial charge in [-0.25, -0.2) is 4.39 Å². The van der Waals surface area contributed by atoms with Gasteiger partial charge in [0.1, 0.15) is 11.9 Å². The van der Waals surface area contributed by atoms with Crippen molar-refractivity contribution in [3.05, 3.63) is 69.5 Å². The van der Waals surface area contributed by atoms with E-state index in [1.807, 2.05) is 39.0 Å². The lowest BCUT2D eigenvalue weighted by Crippen LogP contribution is -2.51. The number of carbonyl (C=O) groups excluding carboxylic acids is 2. The second-order valence-electron chi connectivity index (χ2n) is 7.55. The lowest BCUT2D eigenvalue weighted by atomic mass is 10.1. The van der Waals surface area contributed by atoms with Crippen molar-refractivity contribution in [3.8, 4) is 0 Å². The molecule has 8 heteroatoms. The van der Waals surface area contributed by atoms with Crippen molar-refractivity contribution in [3.63, 3.8) is 0 Å². The van der Waals surface area contributed by atoms with Crippen molar-refractivity contribution in [1.29, 1.82) is 0 Å². The van der Waals surface area contributed by atoms with E-state index in [0.29, 0.717) is 22.0 Å². The van der Waals surface area contributed by atoms with E-state index in [9.17, 15) is 14.0 Å². The Bertz CT molecular complexity index is 908. The van der Waals surface area contributed by atoms with Crippen LogP contribution in [0.25, 0.3) is 0 Å². The molecular formula is C24H29Cl2FN2O2S. The van der Waals surface area contributed by atoms with E-state index >= 15 is 0 Å². The Balaban J connectivity index is 2.19. The van der Waals surface area contributed by atoms with Gasteiger partial charge in [0.05, 0.1) is 5.75 Å². The van der Waals surface area contributed by atoms with Crippen LogP contribution in [-0.4, -0.2) is 34.6 Å². The highest BCUT2D eigenvalue weighted by Crippen LogP contribution is 2.25. The topological polar surface area (TPSA) is 49.4 Å². The van der Waals surface area contributed by atoms with Crippen LogP contribution in [0, 0.1) is 5.82 Å². The molecule has 0 radical (unpaired) electrons. The lowest BCUT2D eigenvalue weighted by Gasteiger charge is -2.31. The number of nitrogens with one attached hydrogen (secondary N) is 1. The molecule has 0 heterocycles. The summed E-state index contributed by atoms with van der Waals surface area (Å²) < 4.78 is 14.0. The van der Waals surface area contributed by atoms with Crippen LogP contribution < -0.4 is 5.32 Å². The molecule has 2 amide bonds. The maximum atomic E-state index is 14.0. The maximum absolute atomic E-state index is 14.0. The predicted octanol–water partition coefficient (Wildman–Crippen LogP) is 6.09. The normalized spacial score (nSPS) is 12.8. The molecule has 0 bridgehead atoms. The molecule has 2 atom stereocenters. The zero-order chi connectivity index (χ0) is 23.7. The molecular weight excluding hydrogens is 470 g/mol. The van der Waals surface area contributed by atoms with E-state index in [1.54, 1.807) is 23.1 Å². The number of carbonyl (C=O) groups is 2. The minimum Gasteiger partial charge on any atom is -0.352 e. The van der Waals surface area contributed by atoms with Crippen LogP contribution >= 0.6 is 35.0 Å². The van der Waals surface area contributed by atoms with Crippen LogP contribution in [-0.2, 0) is 21.9 Å². The molecule has 4 nitrogen and oxygen atoms in total. The van der Waals surface area contributed by atoms with E-state index in [-0.39, 0.29) is 35.9 Å². The standard InChI is InChI=1S/C24H29Cl2FN2O2S/c1-4-16(3)28-24(31)22(5-2)29(13-17-9-6-7-10-19(17)25)23(30)15-32-14-18-20(26)11-8-12-21(18)27/h6-12,16,22H,4-5,13-15H2,1-3H3,(H,28,31). The summed E-state index contributed by atoms with van der Waals surface area (Å²) in [5, 5.41) is 3.84. The van der Waals surface area contributed by atoms with Crippen LogP contribution in [0.1, 0.15) is 44.7 Å². The molecule has 2 aromatic rings. The molecule has 0 aliphatic carbocycles. The summed E-state index contributed by atoms with van der Waals surface area (Å²) in [6.45, 7) is 6.01. The molecule has 0 spiro atoms. The molecule has 0 aliphatic heterocycles. The average Bonchev–Trinajstić information content (AvgIpc) is 2.76. The summed E-state index contributed by atoms with van der Waals surface area (Å²) in [5.41, 5.74) is 1.13. The minimum absolute atomic E-state index is 0.00591. The smallest absolute Gasteiger partial charge is 0.243 e. The summed E-state index contributed by atoms with van der Waals surface area (Å²) in [4.78, 5) is 27.7. The number of halogens is 3. The van der Waals surface area contributed by atoms with E-state index in [4.69, 9.17) is 23.2 Å². The third-order valence-electron chi connectivity index (χ3n) is 5.22. The van der Waals surface area contributed by atoms with Gasteiger partial charge in [-0.1, -0.05) is 61.3 Å². The molecule has 2 aromatic carbocycles. The predicted molar refractivity (Wildman–Crippen MR) is 132 cm³/mol. The highest BCUT2D eigenvalue weighted by molar-refractivity contribution is 7.99. The zero-order valence-electron chi connectivity index (χ0n) is 18.5. The number of amides is 2. The fourth-order valence-corrected chi connectivity index (χ4v) is 4.61. The summed E-state index contributed by atoms with van der Waals surface area (Å²) in [6.07, 6.45) is 1.25. The summed E-state index contributed by atoms with van der Waals surface area (Å²) in [7, 11) is 0. The number of nitrogens with zero attached hydrogens (tertiary/aromatic N) is 1. The van der Waals surface area contributed by atoms with Gasteiger partial charge in [0, 0.05) is 33.9 Å². The third kappa shape index (κ3) is 7.39. The van der Waals surface area contributed by atoms with Crippen molar-refractivity contribution >= 4 is 46.8 Å². The number of benzene rings is 2. The maximum Gasteiger partial charge on any atom is 0.243 e. The second-order valence-corrected chi connectivity index (χ2v) is 9.35. The van der Waals surface area contributed by atoms with Gasteiger partial charge in [-0.2, -0.15) is 0 Å². The van der Waals surface area contributed by atoms with E-state index in [2.05, 4.69) is 5.32 Å². The Morgan fingerprint density at radius 1 is 1.06 bits per heavy atom. The van der Waals surface area contributed by atoms with E-state index in [0.717, 1.165) is 12.0 Å². The van der Waals surface area contributed by atoms with Crippen LogP contribution in [0.5, 0.6) is 0 Å². The molecule has 0 saturated heterocycles. The van der Waals surface area contributed by atoms with Crippen molar-refractivity contribution in [2.24, 2.45) is 0 Å². The van der Waals surface area contributed by atoms with Gasteiger partial charge < -0.3 is 10.2 Å². The van der Waals surface area contributed by atoms with Crippen LogP contribution in [0.2, 0.25) is 10.0 Å². The molecule has 174 valence electrons. The summed E-state index contributed by atoms with van der Waals surface area (Å²) in [5.74, 6) is -0.461. The highest BCUT2D eigenvalue weighted by Gasteiger charge is 2.29. The monoisotopic (exact) mass is 498 g/mol. The number of thioether (sulfide) groups is 1. The van der Waals surface area contributed by atoms with Crippen molar-refractivity contribution in [1.82, 2.24) is 10.2 Å². The average molecular weight is 499 g/mol.